The van der Waals surface area contributed by atoms with Crippen LogP contribution in [0.2, 0.25) is 0 Å². The molecule has 0 spiro atoms. The number of carbonyl (C=O) groups is 2. The summed E-state index contributed by atoms with van der Waals surface area (Å²) in [5.41, 5.74) is -0.687. The number of carbonyl (C=O) groups excluding carboxylic acids is 2. The minimum absolute atomic E-state index is 0.00587. The highest BCUT2D eigenvalue weighted by Crippen LogP contribution is 2.49. The van der Waals surface area contributed by atoms with E-state index in [1.54, 1.807) is 0 Å². The minimum Gasteiger partial charge on any atom is -0.308 e. The van der Waals surface area contributed by atoms with Crippen LogP contribution in [0.4, 0.5) is 38.5 Å². The number of urea groups is 1. The van der Waals surface area contributed by atoms with Crippen LogP contribution in [0.1, 0.15) is 25.1 Å². The molecule has 0 aliphatic heterocycles. The van der Waals surface area contributed by atoms with Crippen molar-refractivity contribution >= 4 is 42.2 Å². The van der Waals surface area contributed by atoms with Crippen molar-refractivity contribution in [1.82, 2.24) is 4.57 Å². The van der Waals surface area contributed by atoms with Gasteiger partial charge in [-0.15, -0.1) is 0 Å². The summed E-state index contributed by atoms with van der Waals surface area (Å²) in [6.07, 6.45) is -5.74. The normalized spacial score (nSPS) is 12.0. The molecule has 0 radical (unpaired) electrons. The number of aromatic nitrogens is 1. The highest BCUT2D eigenvalue weighted by Gasteiger charge is 2.31. The zero-order chi connectivity index (χ0) is 27.4. The van der Waals surface area contributed by atoms with Crippen molar-refractivity contribution in [3.05, 3.63) is 59.5 Å². The summed E-state index contributed by atoms with van der Waals surface area (Å²) >= 11 is 0. The molecule has 200 valence electrons. The monoisotopic (exact) mass is 547 g/mol. The van der Waals surface area contributed by atoms with Crippen LogP contribution >= 0.6 is 7.82 Å². The molecule has 37 heavy (non-hydrogen) atoms. The van der Waals surface area contributed by atoms with Crippen molar-refractivity contribution in [1.29, 1.82) is 0 Å². The van der Waals surface area contributed by atoms with Crippen LogP contribution in [-0.4, -0.2) is 29.9 Å². The molecule has 15 heteroatoms. The summed E-state index contributed by atoms with van der Waals surface area (Å²) < 4.78 is 80.0. The number of alkyl halides is 3. The van der Waals surface area contributed by atoms with E-state index in [0.717, 1.165) is 41.0 Å². The Bertz CT molecular complexity index is 1330. The Morgan fingerprint density at radius 1 is 1.00 bits per heavy atom. The van der Waals surface area contributed by atoms with Gasteiger partial charge >= 0.3 is 26.1 Å². The van der Waals surface area contributed by atoms with Crippen LogP contribution in [0, 0.1) is 12.7 Å². The maximum atomic E-state index is 14.0. The van der Waals surface area contributed by atoms with E-state index in [4.69, 9.17) is 9.05 Å². The van der Waals surface area contributed by atoms with Crippen molar-refractivity contribution in [2.75, 3.05) is 23.8 Å². The van der Waals surface area contributed by atoms with Gasteiger partial charge in [-0.3, -0.25) is 13.9 Å². The number of hydrogen-bond acceptors (Lipinski definition) is 7. The molecule has 0 aliphatic carbocycles. The maximum Gasteiger partial charge on any atom is 0.511 e. The van der Waals surface area contributed by atoms with Crippen LogP contribution < -0.4 is 10.6 Å². The molecule has 0 fully saturated rings. The Hall–Kier alpha value is -3.45. The second kappa shape index (κ2) is 11.3. The second-order valence-electron chi connectivity index (χ2n) is 7.32. The molecule has 1 heterocycles. The van der Waals surface area contributed by atoms with Gasteiger partial charge in [0.15, 0.2) is 0 Å². The predicted octanol–water partition coefficient (Wildman–Crippen LogP) is 6.85. The Morgan fingerprint density at radius 2 is 1.62 bits per heavy atom. The lowest BCUT2D eigenvalue weighted by Gasteiger charge is -2.15. The van der Waals surface area contributed by atoms with Crippen LogP contribution in [0.3, 0.4) is 0 Å². The number of nitrogens with zero attached hydrogens (tertiary/aromatic N) is 1. The SMILES string of the molecule is CCOP(=O)(OCC)OOC(=O)n1c(C)c(NC(=O)Nc2ccc(C(F)(F)F)cc2)c2cc(F)ccc21. The largest absolute Gasteiger partial charge is 0.511 e. The standard InChI is InChI=1S/C22H22F4N3O7P/c1-4-33-37(32,34-5-2)36-35-21(31)29-13(3)19(17-12-15(23)8-11-18(17)29)28-20(30)27-16-9-6-14(7-10-16)22(24,25)26/h6-12H,4-5H2,1-3H3,(H2,27,28,30). The predicted molar refractivity (Wildman–Crippen MR) is 125 cm³/mol. The van der Waals surface area contributed by atoms with Gasteiger partial charge < -0.3 is 10.6 Å². The van der Waals surface area contributed by atoms with E-state index < -0.39 is 37.5 Å². The van der Waals surface area contributed by atoms with Crippen molar-refractivity contribution in [3.8, 4) is 0 Å². The van der Waals surface area contributed by atoms with Crippen molar-refractivity contribution < 1.29 is 50.3 Å². The van der Waals surface area contributed by atoms with E-state index in [-0.39, 0.29) is 41.2 Å². The second-order valence-corrected chi connectivity index (χ2v) is 8.88. The van der Waals surface area contributed by atoms with Crippen molar-refractivity contribution in [2.45, 2.75) is 26.9 Å². The number of anilines is 2. The average molecular weight is 547 g/mol. The third-order valence-electron chi connectivity index (χ3n) is 4.83. The van der Waals surface area contributed by atoms with E-state index in [1.807, 2.05) is 0 Å². The average Bonchev–Trinajstić information content (AvgIpc) is 3.08. The third-order valence-corrected chi connectivity index (χ3v) is 6.24. The molecule has 3 aromatic rings. The molecule has 3 rings (SSSR count). The molecular weight excluding hydrogens is 525 g/mol. The molecule has 0 bridgehead atoms. The van der Waals surface area contributed by atoms with Crippen LogP contribution in [-0.2, 0) is 29.4 Å². The first-order valence-corrected chi connectivity index (χ1v) is 12.2. The fraction of sp³-hybridized carbons (Fsp3) is 0.273. The molecule has 2 aromatic carbocycles. The van der Waals surface area contributed by atoms with Gasteiger partial charge in [0.05, 0.1) is 35.7 Å². The summed E-state index contributed by atoms with van der Waals surface area (Å²) in [5.74, 6) is -0.683. The molecule has 1 aromatic heterocycles. The molecule has 0 aliphatic rings. The number of benzene rings is 2. The van der Waals surface area contributed by atoms with Gasteiger partial charge in [-0.2, -0.15) is 13.2 Å². The van der Waals surface area contributed by atoms with Crippen molar-refractivity contribution in [2.24, 2.45) is 0 Å². The Balaban J connectivity index is 1.86. The molecule has 0 saturated carbocycles. The summed E-state index contributed by atoms with van der Waals surface area (Å²) in [4.78, 5) is 30.0. The molecule has 0 unspecified atom stereocenters. The lowest BCUT2D eigenvalue weighted by Crippen LogP contribution is -2.21. The first-order chi connectivity index (χ1) is 17.4. The highest BCUT2D eigenvalue weighted by atomic mass is 31.2. The first kappa shape index (κ1) is 28.1. The molecule has 10 nitrogen and oxygen atoms in total. The Morgan fingerprint density at radius 3 is 2.19 bits per heavy atom. The van der Waals surface area contributed by atoms with E-state index in [9.17, 15) is 31.7 Å². The van der Waals surface area contributed by atoms with Crippen LogP contribution in [0.15, 0.2) is 42.5 Å². The number of phosphoric acid groups is 1. The van der Waals surface area contributed by atoms with Gasteiger partial charge in [0.2, 0.25) is 0 Å². The highest BCUT2D eigenvalue weighted by molar-refractivity contribution is 7.48. The van der Waals surface area contributed by atoms with E-state index in [1.165, 1.54) is 26.8 Å². The van der Waals surface area contributed by atoms with Gasteiger partial charge in [0.25, 0.3) is 0 Å². The number of fused-ring (bicyclic) bond motifs is 1. The number of amides is 2. The topological polar surface area (TPSA) is 117 Å². The van der Waals surface area contributed by atoms with Crippen LogP contribution in [0.25, 0.3) is 10.9 Å². The smallest absolute Gasteiger partial charge is 0.308 e. The number of nitrogens with one attached hydrogen (secondary N) is 2. The molecule has 2 amide bonds. The minimum atomic E-state index is -4.54. The maximum absolute atomic E-state index is 14.0. The summed E-state index contributed by atoms with van der Waals surface area (Å²) in [7, 11) is -4.21. The summed E-state index contributed by atoms with van der Waals surface area (Å²) in [5, 5.41) is 4.90. The van der Waals surface area contributed by atoms with Gasteiger partial charge in [0, 0.05) is 11.1 Å². The molecule has 0 atom stereocenters. The number of hydrogen-bond donors (Lipinski definition) is 2. The Kier molecular flexibility index (Phi) is 8.59. The van der Waals surface area contributed by atoms with Gasteiger partial charge in [-0.05, 0) is 63.2 Å². The molecule has 0 saturated heterocycles. The number of phosphoric ester groups is 1. The fourth-order valence-electron chi connectivity index (χ4n) is 3.31. The zero-order valence-corrected chi connectivity index (χ0v) is 20.6. The zero-order valence-electron chi connectivity index (χ0n) is 19.7. The van der Waals surface area contributed by atoms with E-state index in [0.29, 0.717) is 0 Å². The van der Waals surface area contributed by atoms with Gasteiger partial charge in [-0.25, -0.2) is 23.1 Å². The van der Waals surface area contributed by atoms with Gasteiger partial charge in [-0.1, -0.05) is 4.67 Å². The molecular formula is C22H22F4N3O7P. The van der Waals surface area contributed by atoms with Gasteiger partial charge in [0.1, 0.15) is 5.82 Å². The van der Waals surface area contributed by atoms with Crippen molar-refractivity contribution in [3.63, 3.8) is 0 Å². The first-order valence-electron chi connectivity index (χ1n) is 10.7. The summed E-state index contributed by atoms with van der Waals surface area (Å²) in [6, 6.07) is 6.16. The summed E-state index contributed by atoms with van der Waals surface area (Å²) in [6.45, 7) is 4.30. The van der Waals surface area contributed by atoms with Crippen LogP contribution in [0.5, 0.6) is 0 Å². The molecule has 2 N–H and O–H groups in total. The number of rotatable bonds is 8. The van der Waals surface area contributed by atoms with E-state index in [2.05, 4.69) is 20.2 Å². The lowest BCUT2D eigenvalue weighted by atomic mass is 10.2. The lowest BCUT2D eigenvalue weighted by molar-refractivity contribution is -0.167. The van der Waals surface area contributed by atoms with E-state index >= 15 is 0 Å². The Labute approximate surface area is 208 Å². The third kappa shape index (κ3) is 6.66. The fourth-order valence-corrected chi connectivity index (χ4v) is 4.26. The number of halogens is 4. The quantitative estimate of drug-likeness (QED) is 0.137.